The minimum atomic E-state index is -0.663. The Bertz CT molecular complexity index is 1640. The summed E-state index contributed by atoms with van der Waals surface area (Å²) in [5, 5.41) is 7.16. The Morgan fingerprint density at radius 1 is 1.11 bits per heavy atom. The molecule has 37 heavy (non-hydrogen) atoms. The van der Waals surface area contributed by atoms with Crippen LogP contribution in [0.25, 0.3) is 21.9 Å². The third-order valence-electron chi connectivity index (χ3n) is 7.09. The number of aromatic nitrogens is 3. The fourth-order valence-corrected chi connectivity index (χ4v) is 5.25. The fourth-order valence-electron chi connectivity index (χ4n) is 5.25. The van der Waals surface area contributed by atoms with Gasteiger partial charge in [-0.05, 0) is 42.8 Å². The molecule has 2 amide bonds. The zero-order chi connectivity index (χ0) is 25.5. The van der Waals surface area contributed by atoms with Crippen molar-refractivity contribution >= 4 is 39.4 Å². The molecule has 0 aliphatic carbocycles. The Kier molecular flexibility index (Phi) is 5.60. The number of carbonyl (C=O) groups is 2. The van der Waals surface area contributed by atoms with Gasteiger partial charge in [-0.25, -0.2) is 0 Å². The van der Waals surface area contributed by atoms with E-state index < -0.39 is 6.04 Å². The molecule has 9 heteroatoms. The quantitative estimate of drug-likeness (QED) is 0.337. The second-order valence-electron chi connectivity index (χ2n) is 9.17. The molecule has 0 radical (unpaired) electrons. The highest BCUT2D eigenvalue weighted by Crippen LogP contribution is 2.38. The summed E-state index contributed by atoms with van der Waals surface area (Å²) in [5.74, 6) is -0.315. The second kappa shape index (κ2) is 9.09. The number of para-hydroxylation sites is 1. The maximum absolute atomic E-state index is 13.9. The number of furan rings is 1. The van der Waals surface area contributed by atoms with Crippen molar-refractivity contribution < 1.29 is 14.0 Å². The topological polar surface area (TPSA) is 116 Å². The van der Waals surface area contributed by atoms with Crippen LogP contribution in [0.3, 0.4) is 0 Å². The van der Waals surface area contributed by atoms with Crippen molar-refractivity contribution in [3.05, 3.63) is 89.8 Å². The number of anilines is 1. The normalized spacial score (nSPS) is 17.1. The molecule has 2 unspecified atom stereocenters. The number of hydrogen-bond acceptors (Lipinski definition) is 6. The van der Waals surface area contributed by atoms with Crippen LogP contribution in [0.2, 0.25) is 0 Å². The lowest BCUT2D eigenvalue weighted by Gasteiger charge is -2.39. The van der Waals surface area contributed by atoms with E-state index in [2.05, 4.69) is 25.6 Å². The number of nitrogens with zero attached hydrogens (tertiary/aromatic N) is 3. The van der Waals surface area contributed by atoms with E-state index in [0.29, 0.717) is 18.5 Å². The van der Waals surface area contributed by atoms with Gasteiger partial charge >= 0.3 is 0 Å². The SMILES string of the molecule is CNC(=O)C1Cc2c([nH]c3ccccc23)C(C)N1C(=O)c1occc1CNc1ccc2nccnc2c1. The van der Waals surface area contributed by atoms with Crippen LogP contribution in [0.5, 0.6) is 0 Å². The molecule has 4 heterocycles. The van der Waals surface area contributed by atoms with E-state index in [4.69, 9.17) is 4.42 Å². The van der Waals surface area contributed by atoms with Crippen LogP contribution < -0.4 is 10.6 Å². The van der Waals surface area contributed by atoms with Gasteiger partial charge in [0.05, 0.1) is 23.3 Å². The van der Waals surface area contributed by atoms with Gasteiger partial charge < -0.3 is 24.9 Å². The predicted molar refractivity (Wildman–Crippen MR) is 140 cm³/mol. The standard InChI is InChI=1S/C28H26N6O3/c1-16-25-20(19-5-3-4-6-21(19)33-25)14-24(27(35)29-2)34(16)28(36)26-17(9-12-37-26)15-32-18-7-8-22-23(13-18)31-11-10-30-22/h3-13,16,24,32-33H,14-15H2,1-2H3,(H,29,35). The maximum atomic E-state index is 13.9. The smallest absolute Gasteiger partial charge is 0.291 e. The van der Waals surface area contributed by atoms with Gasteiger partial charge in [-0.2, -0.15) is 0 Å². The van der Waals surface area contributed by atoms with E-state index >= 15 is 0 Å². The van der Waals surface area contributed by atoms with Gasteiger partial charge in [0.2, 0.25) is 5.91 Å². The van der Waals surface area contributed by atoms with E-state index in [-0.39, 0.29) is 23.6 Å². The summed E-state index contributed by atoms with van der Waals surface area (Å²) in [4.78, 5) is 40.7. The lowest BCUT2D eigenvalue weighted by atomic mass is 9.91. The molecule has 0 saturated heterocycles. The average molecular weight is 495 g/mol. The first-order chi connectivity index (χ1) is 18.0. The van der Waals surface area contributed by atoms with Crippen molar-refractivity contribution in [1.29, 1.82) is 0 Å². The van der Waals surface area contributed by atoms with E-state index in [1.54, 1.807) is 30.4 Å². The van der Waals surface area contributed by atoms with E-state index in [9.17, 15) is 9.59 Å². The van der Waals surface area contributed by atoms with Gasteiger partial charge in [0, 0.05) is 60.3 Å². The van der Waals surface area contributed by atoms with Crippen LogP contribution >= 0.6 is 0 Å². The zero-order valence-electron chi connectivity index (χ0n) is 20.5. The lowest BCUT2D eigenvalue weighted by Crippen LogP contribution is -2.53. The van der Waals surface area contributed by atoms with Gasteiger partial charge in [-0.15, -0.1) is 0 Å². The highest BCUT2D eigenvalue weighted by molar-refractivity contribution is 5.98. The number of amides is 2. The minimum Gasteiger partial charge on any atom is -0.459 e. The van der Waals surface area contributed by atoms with Crippen LogP contribution in [0.1, 0.15) is 40.3 Å². The van der Waals surface area contributed by atoms with Crippen LogP contribution in [0, 0.1) is 0 Å². The molecule has 2 aromatic carbocycles. The number of aromatic amines is 1. The average Bonchev–Trinajstić information content (AvgIpc) is 3.56. The second-order valence-corrected chi connectivity index (χ2v) is 9.17. The number of nitrogens with one attached hydrogen (secondary N) is 3. The fraction of sp³-hybridized carbons (Fsp3) is 0.214. The Morgan fingerprint density at radius 3 is 2.76 bits per heavy atom. The van der Waals surface area contributed by atoms with Crippen LogP contribution in [0.15, 0.2) is 71.6 Å². The van der Waals surface area contributed by atoms with E-state index in [0.717, 1.165) is 38.9 Å². The third-order valence-corrected chi connectivity index (χ3v) is 7.09. The summed E-state index contributed by atoms with van der Waals surface area (Å²) in [6.45, 7) is 2.31. The first kappa shape index (κ1) is 22.8. The molecule has 6 rings (SSSR count). The Morgan fingerprint density at radius 2 is 1.92 bits per heavy atom. The van der Waals surface area contributed by atoms with Crippen molar-refractivity contribution in [1.82, 2.24) is 25.2 Å². The number of fused-ring (bicyclic) bond motifs is 4. The molecular formula is C28H26N6O3. The molecule has 5 aromatic rings. The molecule has 3 N–H and O–H groups in total. The van der Waals surface area contributed by atoms with Gasteiger partial charge in [0.1, 0.15) is 6.04 Å². The van der Waals surface area contributed by atoms with Crippen LogP contribution in [0.4, 0.5) is 5.69 Å². The summed E-state index contributed by atoms with van der Waals surface area (Å²) < 4.78 is 5.70. The number of carbonyl (C=O) groups excluding carboxylic acids is 2. The molecule has 3 aromatic heterocycles. The Labute approximate surface area is 212 Å². The zero-order valence-corrected chi connectivity index (χ0v) is 20.5. The van der Waals surface area contributed by atoms with Gasteiger partial charge in [-0.3, -0.25) is 19.6 Å². The van der Waals surface area contributed by atoms with Crippen molar-refractivity contribution in [3.63, 3.8) is 0 Å². The maximum Gasteiger partial charge on any atom is 0.291 e. The summed E-state index contributed by atoms with van der Waals surface area (Å²) >= 11 is 0. The minimum absolute atomic E-state index is 0.209. The van der Waals surface area contributed by atoms with Gasteiger partial charge in [0.15, 0.2) is 5.76 Å². The molecule has 0 saturated carbocycles. The molecule has 0 fully saturated rings. The van der Waals surface area contributed by atoms with Crippen molar-refractivity contribution in [3.8, 4) is 0 Å². The Balaban J connectivity index is 1.30. The summed E-state index contributed by atoms with van der Waals surface area (Å²) in [5.41, 5.74) is 6.15. The summed E-state index contributed by atoms with van der Waals surface area (Å²) in [6, 6.07) is 14.5. The molecule has 9 nitrogen and oxygen atoms in total. The monoisotopic (exact) mass is 494 g/mol. The molecule has 1 aliphatic heterocycles. The third kappa shape index (κ3) is 3.88. The summed E-state index contributed by atoms with van der Waals surface area (Å²) in [7, 11) is 1.59. The Hall–Kier alpha value is -4.66. The van der Waals surface area contributed by atoms with E-state index in [1.165, 1.54) is 6.26 Å². The molecular weight excluding hydrogens is 468 g/mol. The largest absolute Gasteiger partial charge is 0.459 e. The number of likely N-dealkylation sites (N-methyl/N-ethyl adjacent to an activating group) is 1. The highest BCUT2D eigenvalue weighted by atomic mass is 16.3. The van der Waals surface area contributed by atoms with Crippen LogP contribution in [-0.4, -0.2) is 44.8 Å². The lowest BCUT2D eigenvalue weighted by molar-refractivity contribution is -0.126. The van der Waals surface area contributed by atoms with Gasteiger partial charge in [-0.1, -0.05) is 18.2 Å². The molecule has 1 aliphatic rings. The predicted octanol–water partition coefficient (Wildman–Crippen LogP) is 4.19. The van der Waals surface area contributed by atoms with Crippen molar-refractivity contribution in [2.24, 2.45) is 0 Å². The van der Waals surface area contributed by atoms with Gasteiger partial charge in [0.25, 0.3) is 5.91 Å². The first-order valence-electron chi connectivity index (χ1n) is 12.2. The molecule has 0 spiro atoms. The number of H-pyrrole nitrogens is 1. The molecule has 186 valence electrons. The molecule has 2 atom stereocenters. The molecule has 0 bridgehead atoms. The number of benzene rings is 2. The highest BCUT2D eigenvalue weighted by Gasteiger charge is 2.42. The first-order valence-corrected chi connectivity index (χ1v) is 12.2. The van der Waals surface area contributed by atoms with Crippen molar-refractivity contribution in [2.45, 2.75) is 32.0 Å². The van der Waals surface area contributed by atoms with E-state index in [1.807, 2.05) is 49.4 Å². The number of hydrogen-bond donors (Lipinski definition) is 3. The summed E-state index contributed by atoms with van der Waals surface area (Å²) in [6.07, 6.45) is 5.24. The van der Waals surface area contributed by atoms with Crippen LogP contribution in [-0.2, 0) is 17.8 Å². The number of rotatable bonds is 5. The van der Waals surface area contributed by atoms with Crippen molar-refractivity contribution in [2.75, 3.05) is 12.4 Å².